The SMILES string of the molecule is CCC1(CC)CCC(N)c2ccc(C(=O)O)cc21. The van der Waals surface area contributed by atoms with E-state index in [4.69, 9.17) is 10.8 Å². The third-order valence-corrected chi connectivity index (χ3v) is 4.56. The number of hydrogen-bond donors (Lipinski definition) is 2. The molecule has 1 atom stereocenters. The number of carboxylic acids is 1. The highest BCUT2D eigenvalue weighted by Gasteiger charge is 2.36. The molecule has 0 aromatic heterocycles. The molecule has 98 valence electrons. The normalized spacial score (nSPS) is 21.4. The lowest BCUT2D eigenvalue weighted by Crippen LogP contribution is -2.34. The van der Waals surface area contributed by atoms with Crippen LogP contribution in [0.3, 0.4) is 0 Å². The number of nitrogens with two attached hydrogens (primary N) is 1. The minimum Gasteiger partial charge on any atom is -0.478 e. The van der Waals surface area contributed by atoms with Crippen molar-refractivity contribution in [1.82, 2.24) is 0 Å². The monoisotopic (exact) mass is 247 g/mol. The predicted octanol–water partition coefficient (Wildman–Crippen LogP) is 3.24. The Morgan fingerprint density at radius 1 is 1.44 bits per heavy atom. The molecule has 0 heterocycles. The van der Waals surface area contributed by atoms with Gasteiger partial charge in [-0.2, -0.15) is 0 Å². The summed E-state index contributed by atoms with van der Waals surface area (Å²) in [5, 5.41) is 9.14. The topological polar surface area (TPSA) is 63.3 Å². The summed E-state index contributed by atoms with van der Waals surface area (Å²) in [5.41, 5.74) is 8.93. The minimum absolute atomic E-state index is 0.0501. The highest BCUT2D eigenvalue weighted by Crippen LogP contribution is 2.45. The molecule has 0 saturated carbocycles. The van der Waals surface area contributed by atoms with Crippen molar-refractivity contribution in [3.63, 3.8) is 0 Å². The molecule has 0 bridgehead atoms. The Labute approximate surface area is 108 Å². The highest BCUT2D eigenvalue weighted by atomic mass is 16.4. The Bertz CT molecular complexity index is 464. The van der Waals surface area contributed by atoms with Crippen molar-refractivity contribution in [1.29, 1.82) is 0 Å². The fourth-order valence-electron chi connectivity index (χ4n) is 3.18. The summed E-state index contributed by atoms with van der Waals surface area (Å²) in [6, 6.07) is 5.46. The molecule has 0 amide bonds. The standard InChI is InChI=1S/C15H21NO2/c1-3-15(4-2)8-7-13(16)11-6-5-10(14(17)18)9-12(11)15/h5-6,9,13H,3-4,7-8,16H2,1-2H3,(H,17,18). The van der Waals surface area contributed by atoms with Crippen molar-refractivity contribution >= 4 is 5.97 Å². The number of fused-ring (bicyclic) bond motifs is 1. The van der Waals surface area contributed by atoms with Crippen LogP contribution in [0, 0.1) is 0 Å². The van der Waals surface area contributed by atoms with E-state index in [0.29, 0.717) is 5.56 Å². The summed E-state index contributed by atoms with van der Waals surface area (Å²) >= 11 is 0. The van der Waals surface area contributed by atoms with E-state index in [0.717, 1.165) is 36.8 Å². The number of carboxylic acid groups (broad SMARTS) is 1. The van der Waals surface area contributed by atoms with E-state index in [1.54, 1.807) is 6.07 Å². The van der Waals surface area contributed by atoms with Gasteiger partial charge in [0.1, 0.15) is 0 Å². The zero-order chi connectivity index (χ0) is 13.3. The van der Waals surface area contributed by atoms with E-state index in [9.17, 15) is 4.79 Å². The number of benzene rings is 1. The molecule has 18 heavy (non-hydrogen) atoms. The van der Waals surface area contributed by atoms with Crippen LogP contribution in [0.1, 0.15) is 67.1 Å². The molecule has 1 unspecified atom stereocenters. The van der Waals surface area contributed by atoms with Crippen LogP contribution >= 0.6 is 0 Å². The first kappa shape index (κ1) is 13.1. The van der Waals surface area contributed by atoms with Gasteiger partial charge in [0.2, 0.25) is 0 Å². The van der Waals surface area contributed by atoms with Crippen molar-refractivity contribution in [2.75, 3.05) is 0 Å². The molecule has 0 aliphatic heterocycles. The van der Waals surface area contributed by atoms with Crippen LogP contribution in [0.2, 0.25) is 0 Å². The van der Waals surface area contributed by atoms with Gasteiger partial charge in [-0.15, -0.1) is 0 Å². The molecular formula is C15H21NO2. The van der Waals surface area contributed by atoms with Crippen LogP contribution in [-0.2, 0) is 5.41 Å². The van der Waals surface area contributed by atoms with Crippen molar-refractivity contribution in [3.05, 3.63) is 34.9 Å². The van der Waals surface area contributed by atoms with Crippen molar-refractivity contribution in [2.45, 2.75) is 51.0 Å². The van der Waals surface area contributed by atoms with Gasteiger partial charge < -0.3 is 10.8 Å². The van der Waals surface area contributed by atoms with Crippen molar-refractivity contribution in [2.24, 2.45) is 5.73 Å². The summed E-state index contributed by atoms with van der Waals surface area (Å²) in [5.74, 6) is -0.863. The van der Waals surface area contributed by atoms with Gasteiger partial charge in [-0.25, -0.2) is 4.79 Å². The Balaban J connectivity index is 2.60. The third-order valence-electron chi connectivity index (χ3n) is 4.56. The highest BCUT2D eigenvalue weighted by molar-refractivity contribution is 5.88. The Morgan fingerprint density at radius 3 is 2.67 bits per heavy atom. The summed E-state index contributed by atoms with van der Waals surface area (Å²) in [4.78, 5) is 11.1. The number of hydrogen-bond acceptors (Lipinski definition) is 2. The van der Waals surface area contributed by atoms with Crippen LogP contribution in [0.5, 0.6) is 0 Å². The molecule has 3 nitrogen and oxygen atoms in total. The lowest BCUT2D eigenvalue weighted by atomic mass is 9.65. The van der Waals surface area contributed by atoms with Gasteiger partial charge in [0.15, 0.2) is 0 Å². The molecule has 0 radical (unpaired) electrons. The molecule has 1 aliphatic carbocycles. The van der Waals surface area contributed by atoms with Crippen LogP contribution in [0.25, 0.3) is 0 Å². The second-order valence-corrected chi connectivity index (χ2v) is 5.24. The summed E-state index contributed by atoms with van der Waals surface area (Å²) in [6.45, 7) is 4.36. The average Bonchev–Trinajstić information content (AvgIpc) is 2.39. The van der Waals surface area contributed by atoms with Gasteiger partial charge in [-0.3, -0.25) is 0 Å². The van der Waals surface area contributed by atoms with E-state index < -0.39 is 5.97 Å². The maximum atomic E-state index is 11.1. The fourth-order valence-corrected chi connectivity index (χ4v) is 3.18. The molecule has 3 heteroatoms. The first-order valence-corrected chi connectivity index (χ1v) is 6.67. The van der Waals surface area contributed by atoms with Crippen LogP contribution in [0.15, 0.2) is 18.2 Å². The van der Waals surface area contributed by atoms with Gasteiger partial charge in [-0.1, -0.05) is 19.9 Å². The van der Waals surface area contributed by atoms with E-state index in [2.05, 4.69) is 13.8 Å². The van der Waals surface area contributed by atoms with Crippen LogP contribution in [0.4, 0.5) is 0 Å². The number of aromatic carboxylic acids is 1. The predicted molar refractivity (Wildman–Crippen MR) is 71.8 cm³/mol. The van der Waals surface area contributed by atoms with E-state index in [1.807, 2.05) is 12.1 Å². The Hall–Kier alpha value is -1.35. The average molecular weight is 247 g/mol. The maximum absolute atomic E-state index is 11.1. The molecule has 0 saturated heterocycles. The summed E-state index contributed by atoms with van der Waals surface area (Å²) in [7, 11) is 0. The molecule has 1 aromatic carbocycles. The quantitative estimate of drug-likeness (QED) is 0.861. The molecule has 3 N–H and O–H groups in total. The van der Waals surface area contributed by atoms with E-state index in [1.165, 1.54) is 0 Å². The molecule has 2 rings (SSSR count). The fraction of sp³-hybridized carbons (Fsp3) is 0.533. The smallest absolute Gasteiger partial charge is 0.335 e. The van der Waals surface area contributed by atoms with E-state index >= 15 is 0 Å². The molecule has 1 aliphatic rings. The van der Waals surface area contributed by atoms with Gasteiger partial charge in [0.25, 0.3) is 0 Å². The zero-order valence-electron chi connectivity index (χ0n) is 11.1. The van der Waals surface area contributed by atoms with Crippen LogP contribution < -0.4 is 5.73 Å². The van der Waals surface area contributed by atoms with Gasteiger partial charge >= 0.3 is 5.97 Å². The summed E-state index contributed by atoms with van der Waals surface area (Å²) < 4.78 is 0. The molecule has 0 fully saturated rings. The summed E-state index contributed by atoms with van der Waals surface area (Å²) in [6.07, 6.45) is 4.11. The maximum Gasteiger partial charge on any atom is 0.335 e. The lowest BCUT2D eigenvalue weighted by Gasteiger charge is -2.40. The largest absolute Gasteiger partial charge is 0.478 e. The molecule has 0 spiro atoms. The first-order chi connectivity index (χ1) is 8.54. The first-order valence-electron chi connectivity index (χ1n) is 6.67. The van der Waals surface area contributed by atoms with Gasteiger partial charge in [0.05, 0.1) is 5.56 Å². The Morgan fingerprint density at radius 2 is 2.11 bits per heavy atom. The second-order valence-electron chi connectivity index (χ2n) is 5.24. The molecule has 1 aromatic rings. The van der Waals surface area contributed by atoms with Crippen LogP contribution in [-0.4, -0.2) is 11.1 Å². The molecular weight excluding hydrogens is 226 g/mol. The third kappa shape index (κ3) is 1.93. The van der Waals surface area contributed by atoms with Crippen molar-refractivity contribution < 1.29 is 9.90 Å². The number of carbonyl (C=O) groups is 1. The van der Waals surface area contributed by atoms with Gasteiger partial charge in [0, 0.05) is 6.04 Å². The second kappa shape index (κ2) is 4.73. The van der Waals surface area contributed by atoms with Gasteiger partial charge in [-0.05, 0) is 54.4 Å². The van der Waals surface area contributed by atoms with E-state index in [-0.39, 0.29) is 11.5 Å². The zero-order valence-corrected chi connectivity index (χ0v) is 11.1. The lowest BCUT2D eigenvalue weighted by molar-refractivity contribution is 0.0696. The minimum atomic E-state index is -0.863. The Kier molecular flexibility index (Phi) is 3.44. The van der Waals surface area contributed by atoms with Crippen molar-refractivity contribution in [3.8, 4) is 0 Å². The number of rotatable bonds is 3.